The van der Waals surface area contributed by atoms with Gasteiger partial charge in [-0.2, -0.15) is 5.26 Å². The molecule has 1 aromatic heterocycles. The van der Waals surface area contributed by atoms with E-state index in [9.17, 15) is 5.26 Å². The van der Waals surface area contributed by atoms with Crippen molar-refractivity contribution in [1.82, 2.24) is 4.98 Å². The Bertz CT molecular complexity index is 1020. The Hall–Kier alpha value is -2.55. The molecule has 0 atom stereocenters. The van der Waals surface area contributed by atoms with Gasteiger partial charge in [0.05, 0.1) is 18.4 Å². The second-order valence-electron chi connectivity index (χ2n) is 7.66. The van der Waals surface area contributed by atoms with Crippen molar-refractivity contribution in [2.75, 3.05) is 7.11 Å². The molecule has 3 aromatic rings. The number of nitrogens with zero attached hydrogens (tertiary/aromatic N) is 2. The summed E-state index contributed by atoms with van der Waals surface area (Å²) < 4.78 is 5.28. The lowest BCUT2D eigenvalue weighted by Crippen LogP contribution is -2.15. The van der Waals surface area contributed by atoms with Crippen LogP contribution in [0.2, 0.25) is 19.6 Å². The minimum Gasteiger partial charge on any atom is -0.497 e. The van der Waals surface area contributed by atoms with Gasteiger partial charge in [-0.15, -0.1) is 11.2 Å². The lowest BCUT2D eigenvalue weighted by molar-refractivity contribution is 0.415. The van der Waals surface area contributed by atoms with Crippen LogP contribution in [0.5, 0.6) is 5.75 Å². The van der Waals surface area contributed by atoms with Gasteiger partial charge in [-0.3, -0.25) is 0 Å². The summed E-state index contributed by atoms with van der Waals surface area (Å²) in [7, 11) is 0.119. The highest BCUT2D eigenvalue weighted by Gasteiger charge is 2.22. The summed E-state index contributed by atoms with van der Waals surface area (Å²) in [5.41, 5.74) is 5.72. The highest BCUT2D eigenvalue weighted by atomic mass is 32.4. The molecule has 0 saturated carbocycles. The maximum atomic E-state index is 9.94. The quantitative estimate of drug-likeness (QED) is 0.453. The molecule has 142 valence electrons. The molecule has 28 heavy (non-hydrogen) atoms. The van der Waals surface area contributed by atoms with Crippen LogP contribution in [-0.2, 0) is 0 Å². The molecule has 0 unspecified atom stereocenters. The second-order valence-corrected chi connectivity index (χ2v) is 16.8. The predicted molar refractivity (Wildman–Crippen MR) is 120 cm³/mol. The van der Waals surface area contributed by atoms with Crippen molar-refractivity contribution < 1.29 is 4.74 Å². The first-order chi connectivity index (χ1) is 13.3. The van der Waals surface area contributed by atoms with Crippen LogP contribution in [0.25, 0.3) is 22.4 Å². The first kappa shape index (κ1) is 20.2. The smallest absolute Gasteiger partial charge is 0.118 e. The maximum absolute atomic E-state index is 9.94. The lowest BCUT2D eigenvalue weighted by atomic mass is 9.99. The number of methoxy groups -OCH3 is 1. The molecule has 3 rings (SSSR count). The van der Waals surface area contributed by atoms with Gasteiger partial charge in [-0.1, -0.05) is 61.6 Å². The van der Waals surface area contributed by atoms with E-state index >= 15 is 0 Å². The molecule has 0 aliphatic rings. The minimum atomic E-state index is -1.53. The first-order valence-corrected chi connectivity index (χ1v) is 14.2. The number of aryl methyl sites for hydroxylation is 1. The Morgan fingerprint density at radius 3 is 2.11 bits per heavy atom. The highest BCUT2D eigenvalue weighted by molar-refractivity contribution is 8.28. The Morgan fingerprint density at radius 2 is 1.57 bits per heavy atom. The van der Waals surface area contributed by atoms with E-state index in [1.54, 1.807) is 18.3 Å². The van der Waals surface area contributed by atoms with Gasteiger partial charge in [-0.05, 0) is 30.7 Å². The summed E-state index contributed by atoms with van der Waals surface area (Å²) >= 11 is 1.76. The molecule has 0 amide bonds. The standard InChI is InChI=1S/C23H24N2OSSi/c1-16-6-8-18(9-7-16)22-14-20(17-10-12-19(26-2)13-11-17)21(15-24)23(25-22)27-28(3,4)5/h6-14H,1-5H3. The van der Waals surface area contributed by atoms with Crippen molar-refractivity contribution in [3.63, 3.8) is 0 Å². The van der Waals surface area contributed by atoms with Crippen LogP contribution < -0.4 is 4.74 Å². The number of rotatable bonds is 5. The summed E-state index contributed by atoms with van der Waals surface area (Å²) in [5.74, 6) is 0.798. The Labute approximate surface area is 172 Å². The van der Waals surface area contributed by atoms with Gasteiger partial charge in [-0.25, -0.2) is 4.98 Å². The largest absolute Gasteiger partial charge is 0.497 e. The summed E-state index contributed by atoms with van der Waals surface area (Å²) in [6.07, 6.45) is 0. The average molecular weight is 405 g/mol. The second kappa shape index (κ2) is 8.22. The number of hydrogen-bond acceptors (Lipinski definition) is 4. The zero-order valence-corrected chi connectivity index (χ0v) is 18.7. The zero-order valence-electron chi connectivity index (χ0n) is 16.9. The topological polar surface area (TPSA) is 45.9 Å². The van der Waals surface area contributed by atoms with Gasteiger partial charge >= 0.3 is 0 Å². The third-order valence-electron chi connectivity index (χ3n) is 4.25. The van der Waals surface area contributed by atoms with Crippen LogP contribution in [0.1, 0.15) is 11.1 Å². The number of aromatic nitrogens is 1. The van der Waals surface area contributed by atoms with Crippen LogP contribution in [0.4, 0.5) is 0 Å². The summed E-state index contributed by atoms with van der Waals surface area (Å²) in [6, 6.07) is 20.6. The summed E-state index contributed by atoms with van der Waals surface area (Å²) in [5, 5.41) is 10.8. The Balaban J connectivity index is 2.22. The molecule has 3 nitrogen and oxygen atoms in total. The molecule has 0 aliphatic carbocycles. The third kappa shape index (κ3) is 4.64. The van der Waals surface area contributed by atoms with Gasteiger partial charge in [0.1, 0.15) is 24.1 Å². The highest BCUT2D eigenvalue weighted by Crippen LogP contribution is 2.38. The molecule has 0 fully saturated rings. The van der Waals surface area contributed by atoms with Gasteiger partial charge in [0.2, 0.25) is 0 Å². The van der Waals surface area contributed by atoms with E-state index in [0.717, 1.165) is 33.2 Å². The van der Waals surface area contributed by atoms with E-state index in [-0.39, 0.29) is 0 Å². The number of nitriles is 1. The van der Waals surface area contributed by atoms with E-state index in [2.05, 4.69) is 56.9 Å². The minimum absolute atomic E-state index is 0.647. The molecular formula is C23H24N2OSSi. The normalized spacial score (nSPS) is 11.1. The molecule has 0 saturated heterocycles. The van der Waals surface area contributed by atoms with Crippen molar-refractivity contribution in [1.29, 1.82) is 5.26 Å². The molecular weight excluding hydrogens is 380 g/mol. The zero-order chi connectivity index (χ0) is 20.3. The van der Waals surface area contributed by atoms with Gasteiger partial charge < -0.3 is 4.74 Å². The average Bonchev–Trinajstić information content (AvgIpc) is 2.67. The van der Waals surface area contributed by atoms with Crippen LogP contribution in [0, 0.1) is 18.3 Å². The monoisotopic (exact) mass is 404 g/mol. The van der Waals surface area contributed by atoms with Crippen molar-refractivity contribution >= 4 is 18.4 Å². The van der Waals surface area contributed by atoms with E-state index in [4.69, 9.17) is 9.72 Å². The van der Waals surface area contributed by atoms with Crippen molar-refractivity contribution in [3.8, 4) is 34.2 Å². The van der Waals surface area contributed by atoms with E-state index < -0.39 is 7.22 Å². The molecule has 0 radical (unpaired) electrons. The van der Waals surface area contributed by atoms with Crippen LogP contribution in [0.15, 0.2) is 59.6 Å². The molecule has 1 heterocycles. The number of hydrogen-bond donors (Lipinski definition) is 0. The number of benzene rings is 2. The van der Waals surface area contributed by atoms with Gasteiger partial charge in [0.25, 0.3) is 0 Å². The van der Waals surface area contributed by atoms with E-state index in [1.165, 1.54) is 5.56 Å². The first-order valence-electron chi connectivity index (χ1n) is 9.16. The van der Waals surface area contributed by atoms with Gasteiger partial charge in [0, 0.05) is 11.1 Å². The van der Waals surface area contributed by atoms with Crippen LogP contribution in [0.3, 0.4) is 0 Å². The predicted octanol–water partition coefficient (Wildman–Crippen LogP) is 6.53. The third-order valence-corrected chi connectivity index (χ3v) is 7.77. The SMILES string of the molecule is COc1ccc(-c2cc(-c3ccc(C)cc3)nc(S[Si](C)(C)C)c2C#N)cc1. The number of pyridine rings is 1. The van der Waals surface area contributed by atoms with Gasteiger partial charge in [0.15, 0.2) is 0 Å². The fraction of sp³-hybridized carbons (Fsp3) is 0.217. The fourth-order valence-electron chi connectivity index (χ4n) is 2.86. The molecule has 0 spiro atoms. The molecule has 5 heteroatoms. The Morgan fingerprint density at radius 1 is 0.964 bits per heavy atom. The molecule has 0 N–H and O–H groups in total. The van der Waals surface area contributed by atoms with E-state index in [1.807, 2.05) is 30.3 Å². The molecule has 0 bridgehead atoms. The molecule has 2 aromatic carbocycles. The van der Waals surface area contributed by atoms with Crippen LogP contribution >= 0.6 is 11.2 Å². The van der Waals surface area contributed by atoms with Crippen molar-refractivity contribution in [3.05, 3.63) is 65.7 Å². The van der Waals surface area contributed by atoms with Crippen molar-refractivity contribution in [2.45, 2.75) is 31.6 Å². The maximum Gasteiger partial charge on any atom is 0.118 e. The number of ether oxygens (including phenoxy) is 1. The van der Waals surface area contributed by atoms with Crippen LogP contribution in [-0.4, -0.2) is 19.3 Å². The Kier molecular flexibility index (Phi) is 5.92. The van der Waals surface area contributed by atoms with E-state index in [0.29, 0.717) is 5.56 Å². The summed E-state index contributed by atoms with van der Waals surface area (Å²) in [6.45, 7) is 8.88. The summed E-state index contributed by atoms with van der Waals surface area (Å²) in [4.78, 5) is 4.90. The lowest BCUT2D eigenvalue weighted by Gasteiger charge is -2.18. The van der Waals surface area contributed by atoms with Crippen molar-refractivity contribution in [2.24, 2.45) is 0 Å². The fourth-order valence-corrected chi connectivity index (χ4v) is 6.03. The molecule has 0 aliphatic heterocycles.